The largest absolute Gasteiger partial charge is 0.494 e. The molecule has 2 aromatic rings. The highest BCUT2D eigenvalue weighted by Gasteiger charge is 2.29. The van der Waals surface area contributed by atoms with E-state index >= 15 is 0 Å². The summed E-state index contributed by atoms with van der Waals surface area (Å²) in [5.74, 6) is 3.24. The summed E-state index contributed by atoms with van der Waals surface area (Å²) >= 11 is 1.67. The summed E-state index contributed by atoms with van der Waals surface area (Å²) in [4.78, 5) is 10.2. The molecule has 0 spiro atoms. The van der Waals surface area contributed by atoms with Crippen molar-refractivity contribution >= 4 is 17.4 Å². The normalized spacial score (nSPS) is 14.0. The molecule has 1 saturated carbocycles. The van der Waals surface area contributed by atoms with Gasteiger partial charge in [-0.15, -0.1) is 10.2 Å². The Morgan fingerprint density at radius 1 is 1.35 bits per heavy atom. The predicted octanol–water partition coefficient (Wildman–Crippen LogP) is 3.16. The molecule has 122 valence electrons. The van der Waals surface area contributed by atoms with Gasteiger partial charge in [-0.1, -0.05) is 11.8 Å². The zero-order valence-electron chi connectivity index (χ0n) is 12.8. The zero-order chi connectivity index (χ0) is 16.2. The first-order chi connectivity index (χ1) is 11.1. The van der Waals surface area contributed by atoms with Crippen molar-refractivity contribution in [3.63, 3.8) is 0 Å². The van der Waals surface area contributed by atoms with Gasteiger partial charge in [-0.05, 0) is 31.4 Å². The first-order valence-corrected chi connectivity index (χ1v) is 8.53. The number of aromatic nitrogens is 3. The molecule has 0 atom stereocenters. The average Bonchev–Trinajstić information content (AvgIpc) is 3.32. The molecule has 0 radical (unpaired) electrons. The fraction of sp³-hybridized carbons (Fsp3) is 0.467. The van der Waals surface area contributed by atoms with Crippen LogP contribution in [0.1, 0.15) is 31.0 Å². The van der Waals surface area contributed by atoms with Crippen LogP contribution in [0, 0.1) is 10.1 Å². The number of ether oxygens (including phenoxy) is 1. The van der Waals surface area contributed by atoms with E-state index in [0.29, 0.717) is 18.3 Å². The maximum atomic E-state index is 10.6. The number of benzene rings is 1. The van der Waals surface area contributed by atoms with Crippen LogP contribution in [0.15, 0.2) is 29.4 Å². The van der Waals surface area contributed by atoms with Gasteiger partial charge in [0.1, 0.15) is 11.6 Å². The molecule has 0 amide bonds. The van der Waals surface area contributed by atoms with Crippen molar-refractivity contribution in [2.75, 3.05) is 12.4 Å². The van der Waals surface area contributed by atoms with Crippen LogP contribution in [-0.2, 0) is 7.05 Å². The average molecular weight is 334 g/mol. The minimum absolute atomic E-state index is 0.0710. The van der Waals surface area contributed by atoms with Crippen LogP contribution < -0.4 is 4.74 Å². The molecule has 1 fully saturated rings. The minimum atomic E-state index is -0.419. The molecular weight excluding hydrogens is 316 g/mol. The molecule has 0 aliphatic heterocycles. The molecule has 8 heteroatoms. The van der Waals surface area contributed by atoms with Crippen LogP contribution in [0.5, 0.6) is 5.75 Å². The number of rotatable bonds is 8. The van der Waals surface area contributed by atoms with Crippen LogP contribution in [0.4, 0.5) is 5.69 Å². The summed E-state index contributed by atoms with van der Waals surface area (Å²) in [5.41, 5.74) is 0.0710. The molecule has 0 saturated heterocycles. The zero-order valence-corrected chi connectivity index (χ0v) is 13.7. The van der Waals surface area contributed by atoms with Crippen molar-refractivity contribution in [2.45, 2.75) is 30.3 Å². The lowest BCUT2D eigenvalue weighted by atomic mass is 10.3. The third-order valence-corrected chi connectivity index (χ3v) is 4.75. The predicted molar refractivity (Wildman–Crippen MR) is 86.9 cm³/mol. The van der Waals surface area contributed by atoms with Gasteiger partial charge in [0.2, 0.25) is 0 Å². The van der Waals surface area contributed by atoms with Gasteiger partial charge in [-0.2, -0.15) is 0 Å². The van der Waals surface area contributed by atoms with E-state index in [1.54, 1.807) is 23.9 Å². The lowest BCUT2D eigenvalue weighted by Gasteiger charge is -2.06. The van der Waals surface area contributed by atoms with E-state index < -0.39 is 4.92 Å². The highest BCUT2D eigenvalue weighted by molar-refractivity contribution is 7.99. The lowest BCUT2D eigenvalue weighted by Crippen LogP contribution is -2.01. The van der Waals surface area contributed by atoms with Crippen LogP contribution in [0.25, 0.3) is 0 Å². The van der Waals surface area contributed by atoms with Crippen molar-refractivity contribution in [1.82, 2.24) is 14.8 Å². The molecule has 1 aliphatic rings. The van der Waals surface area contributed by atoms with Gasteiger partial charge in [0, 0.05) is 30.9 Å². The number of hydrogen-bond donors (Lipinski definition) is 0. The molecule has 1 aromatic heterocycles. The summed E-state index contributed by atoms with van der Waals surface area (Å²) in [6.45, 7) is 0.568. The Labute approximate surface area is 138 Å². The Morgan fingerprint density at radius 2 is 2.09 bits per heavy atom. The second-order valence-corrected chi connectivity index (χ2v) is 6.54. The van der Waals surface area contributed by atoms with Gasteiger partial charge < -0.3 is 9.30 Å². The Bertz CT molecular complexity index is 683. The van der Waals surface area contributed by atoms with E-state index in [0.717, 1.165) is 23.2 Å². The van der Waals surface area contributed by atoms with Gasteiger partial charge in [0.15, 0.2) is 5.16 Å². The molecule has 23 heavy (non-hydrogen) atoms. The van der Waals surface area contributed by atoms with Crippen molar-refractivity contribution in [1.29, 1.82) is 0 Å². The SMILES string of the molecule is Cn1c(SCCCOc2ccc([N+](=O)[O-])cc2)nnc1C1CC1. The van der Waals surface area contributed by atoms with Crippen molar-refractivity contribution < 1.29 is 9.66 Å². The van der Waals surface area contributed by atoms with Gasteiger partial charge in [-0.25, -0.2) is 0 Å². The van der Waals surface area contributed by atoms with Crippen LogP contribution in [0.2, 0.25) is 0 Å². The number of thioether (sulfide) groups is 1. The number of nitrogens with zero attached hydrogens (tertiary/aromatic N) is 4. The Morgan fingerprint density at radius 3 is 2.74 bits per heavy atom. The van der Waals surface area contributed by atoms with Crippen molar-refractivity contribution in [2.24, 2.45) is 7.05 Å². The van der Waals surface area contributed by atoms with Gasteiger partial charge >= 0.3 is 0 Å². The third-order valence-electron chi connectivity index (χ3n) is 3.65. The lowest BCUT2D eigenvalue weighted by molar-refractivity contribution is -0.384. The quantitative estimate of drug-likeness (QED) is 0.319. The minimum Gasteiger partial charge on any atom is -0.494 e. The molecule has 7 nitrogen and oxygen atoms in total. The molecule has 1 aromatic carbocycles. The fourth-order valence-corrected chi connectivity index (χ4v) is 3.06. The van der Waals surface area contributed by atoms with Gasteiger partial charge in [0.25, 0.3) is 5.69 Å². The maximum absolute atomic E-state index is 10.6. The molecule has 3 rings (SSSR count). The second-order valence-electron chi connectivity index (χ2n) is 5.48. The molecule has 0 bridgehead atoms. The van der Waals surface area contributed by atoms with Gasteiger partial charge in [0.05, 0.1) is 11.5 Å². The molecular formula is C15H18N4O3S. The Balaban J connectivity index is 1.39. The summed E-state index contributed by atoms with van der Waals surface area (Å²) in [5, 5.41) is 20.0. The standard InChI is InChI=1S/C15H18N4O3S/c1-18-14(11-3-4-11)16-17-15(18)23-10-2-9-22-13-7-5-12(6-8-13)19(20)21/h5-8,11H,2-4,9-10H2,1H3. The van der Waals surface area contributed by atoms with E-state index in [2.05, 4.69) is 14.8 Å². The fourth-order valence-electron chi connectivity index (χ4n) is 2.23. The summed E-state index contributed by atoms with van der Waals surface area (Å²) in [6, 6.07) is 6.14. The van der Waals surface area contributed by atoms with E-state index in [1.807, 2.05) is 7.05 Å². The molecule has 1 heterocycles. The maximum Gasteiger partial charge on any atom is 0.269 e. The van der Waals surface area contributed by atoms with E-state index in [-0.39, 0.29) is 5.69 Å². The third kappa shape index (κ3) is 4.01. The highest BCUT2D eigenvalue weighted by atomic mass is 32.2. The summed E-state index contributed by atoms with van der Waals surface area (Å²) < 4.78 is 7.67. The van der Waals surface area contributed by atoms with E-state index in [4.69, 9.17) is 4.74 Å². The number of hydrogen-bond acceptors (Lipinski definition) is 6. The summed E-state index contributed by atoms with van der Waals surface area (Å²) in [7, 11) is 2.02. The summed E-state index contributed by atoms with van der Waals surface area (Å²) in [6.07, 6.45) is 3.31. The number of nitro groups is 1. The first-order valence-electron chi connectivity index (χ1n) is 7.54. The van der Waals surface area contributed by atoms with Gasteiger partial charge in [-0.3, -0.25) is 10.1 Å². The van der Waals surface area contributed by atoms with Crippen LogP contribution >= 0.6 is 11.8 Å². The first kappa shape index (κ1) is 15.8. The highest BCUT2D eigenvalue weighted by Crippen LogP contribution is 2.39. The van der Waals surface area contributed by atoms with Crippen LogP contribution in [-0.4, -0.2) is 32.0 Å². The second kappa shape index (κ2) is 6.99. The molecule has 0 unspecified atom stereocenters. The number of nitro benzene ring substituents is 1. The van der Waals surface area contributed by atoms with Crippen molar-refractivity contribution in [3.8, 4) is 5.75 Å². The molecule has 1 aliphatic carbocycles. The Kier molecular flexibility index (Phi) is 4.80. The van der Waals surface area contributed by atoms with E-state index in [1.165, 1.54) is 25.0 Å². The molecule has 0 N–H and O–H groups in total. The van der Waals surface area contributed by atoms with Crippen molar-refractivity contribution in [3.05, 3.63) is 40.2 Å². The monoisotopic (exact) mass is 334 g/mol. The Hall–Kier alpha value is -2.09. The van der Waals surface area contributed by atoms with E-state index in [9.17, 15) is 10.1 Å². The van der Waals surface area contributed by atoms with Crippen LogP contribution in [0.3, 0.4) is 0 Å². The smallest absolute Gasteiger partial charge is 0.269 e. The number of non-ortho nitro benzene ring substituents is 1. The topological polar surface area (TPSA) is 83.1 Å².